The zero-order valence-corrected chi connectivity index (χ0v) is 25.1. The Morgan fingerprint density at radius 1 is 0.844 bits per heavy atom. The number of hydrogen-bond acceptors (Lipinski definition) is 4. The second-order valence-corrected chi connectivity index (χ2v) is 11.5. The molecule has 8 nitrogen and oxygen atoms in total. The van der Waals surface area contributed by atoms with E-state index in [0.717, 1.165) is 16.7 Å². The van der Waals surface area contributed by atoms with Gasteiger partial charge in [0.25, 0.3) is 0 Å². The van der Waals surface area contributed by atoms with E-state index in [4.69, 9.17) is 0 Å². The summed E-state index contributed by atoms with van der Waals surface area (Å²) in [4.78, 5) is 45.0. The monoisotopic (exact) mass is 605 g/mol. The molecule has 4 aromatic rings. The van der Waals surface area contributed by atoms with Crippen LogP contribution in [0.5, 0.6) is 0 Å². The first-order valence-electron chi connectivity index (χ1n) is 15.2. The number of likely N-dealkylation sites (N-methyl/N-ethyl adjacent to an activating group) is 1. The number of halogens is 1. The van der Waals surface area contributed by atoms with Crippen LogP contribution in [0, 0.1) is 5.82 Å². The van der Waals surface area contributed by atoms with Gasteiger partial charge in [0.05, 0.1) is 13.1 Å². The topological polar surface area (TPSA) is 76.2 Å². The van der Waals surface area contributed by atoms with Crippen molar-refractivity contribution in [2.45, 2.75) is 31.1 Å². The largest absolute Gasteiger partial charge is 0.337 e. The number of hydrazine groups is 1. The van der Waals surface area contributed by atoms with E-state index in [0.29, 0.717) is 18.5 Å². The summed E-state index contributed by atoms with van der Waals surface area (Å²) in [6.07, 6.45) is -0.0616. The lowest BCUT2D eigenvalue weighted by atomic mass is 9.88. The molecule has 9 heteroatoms. The highest BCUT2D eigenvalue weighted by Gasteiger charge is 2.51. The summed E-state index contributed by atoms with van der Waals surface area (Å²) in [5, 5.41) is 6.06. The van der Waals surface area contributed by atoms with E-state index in [1.165, 1.54) is 17.1 Å². The van der Waals surface area contributed by atoms with Gasteiger partial charge in [-0.15, -0.1) is 0 Å². The molecule has 2 aliphatic heterocycles. The Balaban J connectivity index is 1.30. The Bertz CT molecular complexity index is 1580. The van der Waals surface area contributed by atoms with Crippen molar-refractivity contribution in [1.29, 1.82) is 0 Å². The van der Waals surface area contributed by atoms with E-state index >= 15 is 0 Å². The molecule has 0 radical (unpaired) electrons. The summed E-state index contributed by atoms with van der Waals surface area (Å²) >= 11 is 0. The molecule has 0 spiro atoms. The fourth-order valence-corrected chi connectivity index (χ4v) is 6.40. The van der Waals surface area contributed by atoms with Crippen molar-refractivity contribution < 1.29 is 18.8 Å². The molecule has 45 heavy (non-hydrogen) atoms. The van der Waals surface area contributed by atoms with Gasteiger partial charge in [-0.2, -0.15) is 0 Å². The van der Waals surface area contributed by atoms with Gasteiger partial charge in [0, 0.05) is 26.1 Å². The standard InChI is InChI=1S/C36H36FN5O3/c1-39-25-33(43)41-32(42(39)36(45)38-23-26-17-19-30(37)20-18-26)24-40(35(44)34(41)29-15-9-4-10-16-29)22-21-31(27-11-5-2-6-12-27)28-13-7-3-8-14-28/h2-20,31-32,34H,21-25H2,1H3,(H,38,45)/t32-,34-/m0/s1. The summed E-state index contributed by atoms with van der Waals surface area (Å²) in [5.74, 6) is -0.685. The van der Waals surface area contributed by atoms with Gasteiger partial charge in [0.15, 0.2) is 0 Å². The smallest absolute Gasteiger partial charge is 0.334 e. The van der Waals surface area contributed by atoms with Crippen molar-refractivity contribution in [3.63, 3.8) is 0 Å². The van der Waals surface area contributed by atoms with Crippen LogP contribution < -0.4 is 5.32 Å². The summed E-state index contributed by atoms with van der Waals surface area (Å²) in [6.45, 7) is 0.730. The minimum absolute atomic E-state index is 0.0544. The number of nitrogens with zero attached hydrogens (tertiary/aromatic N) is 4. The fourth-order valence-electron chi connectivity index (χ4n) is 6.40. The number of piperazine rings is 1. The molecule has 2 aliphatic rings. The fraction of sp³-hybridized carbons (Fsp3) is 0.250. The van der Waals surface area contributed by atoms with Crippen molar-refractivity contribution in [2.24, 2.45) is 0 Å². The third-order valence-electron chi connectivity index (χ3n) is 8.60. The van der Waals surface area contributed by atoms with Crippen LogP contribution >= 0.6 is 0 Å². The van der Waals surface area contributed by atoms with Gasteiger partial charge in [-0.05, 0) is 40.8 Å². The zero-order chi connectivity index (χ0) is 31.3. The van der Waals surface area contributed by atoms with Crippen LogP contribution in [0.1, 0.15) is 40.6 Å². The van der Waals surface area contributed by atoms with Gasteiger partial charge >= 0.3 is 6.03 Å². The Hall–Kier alpha value is -5.02. The minimum Gasteiger partial charge on any atom is -0.337 e. The molecule has 0 bridgehead atoms. The van der Waals surface area contributed by atoms with Gasteiger partial charge in [0.1, 0.15) is 18.0 Å². The van der Waals surface area contributed by atoms with Gasteiger partial charge in [-0.25, -0.2) is 19.2 Å². The zero-order valence-electron chi connectivity index (χ0n) is 25.1. The number of benzene rings is 4. The van der Waals surface area contributed by atoms with Crippen molar-refractivity contribution in [3.05, 3.63) is 143 Å². The predicted molar refractivity (Wildman–Crippen MR) is 169 cm³/mol. The summed E-state index contributed by atoms with van der Waals surface area (Å²) < 4.78 is 13.4. The molecule has 2 heterocycles. The predicted octanol–water partition coefficient (Wildman–Crippen LogP) is 5.16. The van der Waals surface area contributed by atoms with E-state index in [9.17, 15) is 18.8 Å². The first-order valence-corrected chi connectivity index (χ1v) is 15.2. The molecule has 2 atom stereocenters. The molecule has 0 aliphatic carbocycles. The van der Waals surface area contributed by atoms with E-state index in [1.807, 2.05) is 66.7 Å². The molecular weight excluding hydrogens is 569 g/mol. The summed E-state index contributed by atoms with van der Waals surface area (Å²) in [5.41, 5.74) is 3.75. The molecule has 0 unspecified atom stereocenters. The maximum Gasteiger partial charge on any atom is 0.334 e. The van der Waals surface area contributed by atoms with E-state index in [-0.39, 0.29) is 43.2 Å². The van der Waals surface area contributed by atoms with Crippen molar-refractivity contribution in [2.75, 3.05) is 26.7 Å². The molecular formula is C36H36FN5O3. The van der Waals surface area contributed by atoms with Gasteiger partial charge < -0.3 is 15.1 Å². The van der Waals surface area contributed by atoms with Crippen LogP contribution in [0.3, 0.4) is 0 Å². The number of carbonyl (C=O) groups is 3. The lowest BCUT2D eigenvalue weighted by Crippen LogP contribution is -2.73. The molecule has 4 amide bonds. The van der Waals surface area contributed by atoms with Crippen LogP contribution in [0.25, 0.3) is 0 Å². The molecule has 2 fully saturated rings. The van der Waals surface area contributed by atoms with Crippen LogP contribution in [0.2, 0.25) is 0 Å². The first kappa shape index (κ1) is 30.0. The number of hydrogen-bond donors (Lipinski definition) is 1. The normalized spacial score (nSPS) is 18.7. The molecule has 6 rings (SSSR count). The summed E-state index contributed by atoms with van der Waals surface area (Å²) in [6, 6.07) is 34.4. The molecule has 0 aromatic heterocycles. The van der Waals surface area contributed by atoms with Gasteiger partial charge in [-0.1, -0.05) is 103 Å². The van der Waals surface area contributed by atoms with Crippen molar-refractivity contribution in [1.82, 2.24) is 25.1 Å². The highest BCUT2D eigenvalue weighted by atomic mass is 19.1. The Kier molecular flexibility index (Phi) is 8.89. The van der Waals surface area contributed by atoms with Crippen molar-refractivity contribution in [3.8, 4) is 0 Å². The lowest BCUT2D eigenvalue weighted by Gasteiger charge is -2.54. The maximum atomic E-state index is 14.3. The minimum atomic E-state index is -0.870. The number of fused-ring (bicyclic) bond motifs is 1. The van der Waals surface area contributed by atoms with Gasteiger partial charge in [-0.3, -0.25) is 9.59 Å². The van der Waals surface area contributed by atoms with E-state index in [1.54, 1.807) is 34.0 Å². The summed E-state index contributed by atoms with van der Waals surface area (Å²) in [7, 11) is 1.70. The van der Waals surface area contributed by atoms with Crippen molar-refractivity contribution >= 4 is 17.8 Å². The lowest BCUT2D eigenvalue weighted by molar-refractivity contribution is -0.187. The Morgan fingerprint density at radius 2 is 1.42 bits per heavy atom. The van der Waals surface area contributed by atoms with Crippen LogP contribution in [0.4, 0.5) is 9.18 Å². The number of urea groups is 1. The molecule has 1 N–H and O–H groups in total. The number of rotatable bonds is 8. The van der Waals surface area contributed by atoms with Crippen LogP contribution in [-0.4, -0.2) is 70.5 Å². The quantitative estimate of drug-likeness (QED) is 0.301. The maximum absolute atomic E-state index is 14.3. The van der Waals surface area contributed by atoms with E-state index in [2.05, 4.69) is 29.6 Å². The third-order valence-corrected chi connectivity index (χ3v) is 8.60. The second-order valence-electron chi connectivity index (χ2n) is 11.5. The SMILES string of the molecule is CN1CC(=O)N2[C@@H](c3ccccc3)C(=O)N(CCC(c3ccccc3)c3ccccc3)C[C@@H]2N1C(=O)NCc1ccc(F)cc1. The number of nitrogens with one attached hydrogen (secondary N) is 1. The average molecular weight is 606 g/mol. The number of amides is 4. The second kappa shape index (κ2) is 13.3. The van der Waals surface area contributed by atoms with E-state index < -0.39 is 18.2 Å². The molecule has 4 aromatic carbocycles. The average Bonchev–Trinajstić information content (AvgIpc) is 3.06. The Morgan fingerprint density at radius 3 is 2.02 bits per heavy atom. The van der Waals surface area contributed by atoms with Gasteiger partial charge in [0.2, 0.25) is 11.8 Å². The molecule has 230 valence electrons. The van der Waals surface area contributed by atoms with Crippen LogP contribution in [-0.2, 0) is 16.1 Å². The first-order chi connectivity index (χ1) is 21.9. The van der Waals surface area contributed by atoms with Crippen LogP contribution in [0.15, 0.2) is 115 Å². The molecule has 2 saturated heterocycles. The third kappa shape index (κ3) is 6.44. The highest BCUT2D eigenvalue weighted by molar-refractivity contribution is 5.92. The highest BCUT2D eigenvalue weighted by Crippen LogP contribution is 2.36. The number of carbonyl (C=O) groups excluding carboxylic acids is 3. The Labute approximate surface area is 262 Å². The molecule has 0 saturated carbocycles.